The standard InChI is InChI=1S/C20H23ClN2O3/c1-14-4-8-18(9-5-14)26-13-20(25)22-10-11-23(16(3)24)17-7-6-15(2)19(21)12-17/h4-9,12H,10-11,13H2,1-3H3,(H,22,25). The first-order valence-electron chi connectivity index (χ1n) is 8.37. The van der Waals surface area contributed by atoms with Gasteiger partial charge in [0.05, 0.1) is 0 Å². The van der Waals surface area contributed by atoms with Gasteiger partial charge in [-0.05, 0) is 43.7 Å². The van der Waals surface area contributed by atoms with E-state index in [2.05, 4.69) is 5.32 Å². The van der Waals surface area contributed by atoms with Gasteiger partial charge in [0, 0.05) is 30.7 Å². The summed E-state index contributed by atoms with van der Waals surface area (Å²) in [5.74, 6) is 0.288. The molecule has 0 fully saturated rings. The van der Waals surface area contributed by atoms with E-state index in [1.165, 1.54) is 6.92 Å². The maximum Gasteiger partial charge on any atom is 0.258 e. The monoisotopic (exact) mass is 374 g/mol. The van der Waals surface area contributed by atoms with E-state index in [0.717, 1.165) is 11.1 Å². The number of rotatable bonds is 7. The highest BCUT2D eigenvalue weighted by molar-refractivity contribution is 6.31. The smallest absolute Gasteiger partial charge is 0.258 e. The summed E-state index contributed by atoms with van der Waals surface area (Å²) in [7, 11) is 0. The molecule has 2 rings (SSSR count). The molecule has 2 aromatic carbocycles. The molecule has 0 aliphatic carbocycles. The van der Waals surface area contributed by atoms with Crippen LogP contribution in [0, 0.1) is 13.8 Å². The molecule has 0 atom stereocenters. The first-order valence-corrected chi connectivity index (χ1v) is 8.75. The van der Waals surface area contributed by atoms with E-state index < -0.39 is 0 Å². The number of amides is 2. The summed E-state index contributed by atoms with van der Waals surface area (Å²) < 4.78 is 5.43. The van der Waals surface area contributed by atoms with Crippen molar-refractivity contribution < 1.29 is 14.3 Å². The molecule has 1 N–H and O–H groups in total. The van der Waals surface area contributed by atoms with Crippen LogP contribution >= 0.6 is 11.6 Å². The quantitative estimate of drug-likeness (QED) is 0.806. The molecule has 0 unspecified atom stereocenters. The Morgan fingerprint density at radius 3 is 2.42 bits per heavy atom. The van der Waals surface area contributed by atoms with Crippen LogP contribution in [0.4, 0.5) is 5.69 Å². The van der Waals surface area contributed by atoms with Crippen molar-refractivity contribution in [1.29, 1.82) is 0 Å². The average molecular weight is 375 g/mol. The molecule has 2 amide bonds. The molecule has 0 heterocycles. The Balaban J connectivity index is 1.83. The van der Waals surface area contributed by atoms with Crippen LogP contribution < -0.4 is 15.0 Å². The van der Waals surface area contributed by atoms with Gasteiger partial charge in [-0.1, -0.05) is 35.4 Å². The minimum atomic E-state index is -0.240. The summed E-state index contributed by atoms with van der Waals surface area (Å²) in [4.78, 5) is 25.4. The van der Waals surface area contributed by atoms with E-state index in [1.54, 1.807) is 11.0 Å². The molecule has 138 valence electrons. The summed E-state index contributed by atoms with van der Waals surface area (Å²) in [5, 5.41) is 3.36. The van der Waals surface area contributed by atoms with Crippen molar-refractivity contribution in [2.75, 3.05) is 24.6 Å². The van der Waals surface area contributed by atoms with Gasteiger partial charge in [0.1, 0.15) is 5.75 Å². The number of carbonyl (C=O) groups is 2. The number of hydrogen-bond donors (Lipinski definition) is 1. The lowest BCUT2D eigenvalue weighted by molar-refractivity contribution is -0.123. The number of benzene rings is 2. The molecule has 0 saturated carbocycles. The predicted octanol–water partition coefficient (Wildman–Crippen LogP) is 3.50. The second-order valence-corrected chi connectivity index (χ2v) is 6.46. The molecular formula is C20H23ClN2O3. The van der Waals surface area contributed by atoms with Gasteiger partial charge in [0.2, 0.25) is 5.91 Å². The van der Waals surface area contributed by atoms with Crippen LogP contribution in [0.1, 0.15) is 18.1 Å². The van der Waals surface area contributed by atoms with Crippen molar-refractivity contribution in [3.05, 3.63) is 58.6 Å². The van der Waals surface area contributed by atoms with Gasteiger partial charge in [-0.2, -0.15) is 0 Å². The van der Waals surface area contributed by atoms with Crippen molar-refractivity contribution >= 4 is 29.1 Å². The van der Waals surface area contributed by atoms with E-state index >= 15 is 0 Å². The van der Waals surface area contributed by atoms with Crippen molar-refractivity contribution in [1.82, 2.24) is 5.32 Å². The Morgan fingerprint density at radius 2 is 1.81 bits per heavy atom. The zero-order valence-corrected chi connectivity index (χ0v) is 16.0. The Morgan fingerprint density at radius 1 is 1.12 bits per heavy atom. The third-order valence-electron chi connectivity index (χ3n) is 3.90. The van der Waals surface area contributed by atoms with Crippen molar-refractivity contribution in [3.63, 3.8) is 0 Å². The lowest BCUT2D eigenvalue weighted by atomic mass is 10.2. The fourth-order valence-electron chi connectivity index (χ4n) is 2.36. The Bertz CT molecular complexity index is 775. The molecule has 0 aromatic heterocycles. The Labute approximate surface area is 158 Å². The number of nitrogens with one attached hydrogen (secondary N) is 1. The number of ether oxygens (including phenoxy) is 1. The summed E-state index contributed by atoms with van der Waals surface area (Å²) in [6.07, 6.45) is 0. The number of hydrogen-bond acceptors (Lipinski definition) is 3. The molecule has 0 saturated heterocycles. The molecule has 2 aromatic rings. The van der Waals surface area contributed by atoms with Gasteiger partial charge in [-0.15, -0.1) is 0 Å². The Hall–Kier alpha value is -2.53. The van der Waals surface area contributed by atoms with Crippen LogP contribution in [-0.4, -0.2) is 31.5 Å². The summed E-state index contributed by atoms with van der Waals surface area (Å²) >= 11 is 6.13. The van der Waals surface area contributed by atoms with Crippen LogP contribution in [0.2, 0.25) is 5.02 Å². The topological polar surface area (TPSA) is 58.6 Å². The highest BCUT2D eigenvalue weighted by Gasteiger charge is 2.13. The zero-order chi connectivity index (χ0) is 19.1. The second-order valence-electron chi connectivity index (χ2n) is 6.06. The van der Waals surface area contributed by atoms with Gasteiger partial charge in [0.25, 0.3) is 5.91 Å². The van der Waals surface area contributed by atoms with Crippen molar-refractivity contribution in [2.45, 2.75) is 20.8 Å². The second kappa shape index (κ2) is 9.25. The fourth-order valence-corrected chi connectivity index (χ4v) is 2.53. The lowest BCUT2D eigenvalue weighted by Gasteiger charge is -2.22. The minimum absolute atomic E-state index is 0.0699. The zero-order valence-electron chi connectivity index (χ0n) is 15.2. The summed E-state index contributed by atoms with van der Waals surface area (Å²) in [6, 6.07) is 12.9. The summed E-state index contributed by atoms with van der Waals surface area (Å²) in [5.41, 5.74) is 2.78. The lowest BCUT2D eigenvalue weighted by Crippen LogP contribution is -2.39. The van der Waals surface area contributed by atoms with E-state index in [4.69, 9.17) is 16.3 Å². The van der Waals surface area contributed by atoms with E-state index in [9.17, 15) is 9.59 Å². The first-order chi connectivity index (χ1) is 12.4. The normalized spacial score (nSPS) is 10.3. The Kier molecular flexibility index (Phi) is 7.04. The van der Waals surface area contributed by atoms with Crippen LogP contribution in [-0.2, 0) is 9.59 Å². The summed E-state index contributed by atoms with van der Waals surface area (Å²) in [6.45, 7) is 5.97. The van der Waals surface area contributed by atoms with Gasteiger partial charge in [-0.3, -0.25) is 9.59 Å². The average Bonchev–Trinajstić information content (AvgIpc) is 2.60. The van der Waals surface area contributed by atoms with Crippen LogP contribution in [0.15, 0.2) is 42.5 Å². The first kappa shape index (κ1) is 19.8. The molecule has 0 spiro atoms. The van der Waals surface area contributed by atoms with Gasteiger partial charge >= 0.3 is 0 Å². The van der Waals surface area contributed by atoms with Gasteiger partial charge in [-0.25, -0.2) is 0 Å². The number of aryl methyl sites for hydroxylation is 2. The number of nitrogens with zero attached hydrogens (tertiary/aromatic N) is 1. The van der Waals surface area contributed by atoms with Crippen LogP contribution in [0.5, 0.6) is 5.75 Å². The third-order valence-corrected chi connectivity index (χ3v) is 4.30. The predicted molar refractivity (Wildman–Crippen MR) is 104 cm³/mol. The third kappa shape index (κ3) is 5.77. The van der Waals surface area contributed by atoms with Crippen LogP contribution in [0.25, 0.3) is 0 Å². The fraction of sp³-hybridized carbons (Fsp3) is 0.300. The molecule has 5 nitrogen and oxygen atoms in total. The SMILES string of the molecule is CC(=O)N(CCNC(=O)COc1ccc(C)cc1)c1ccc(C)c(Cl)c1. The number of anilines is 1. The van der Waals surface area contributed by atoms with Gasteiger partial charge < -0.3 is 15.0 Å². The maximum atomic E-state index is 11.9. The molecule has 26 heavy (non-hydrogen) atoms. The van der Waals surface area contributed by atoms with E-state index in [1.807, 2.05) is 50.2 Å². The minimum Gasteiger partial charge on any atom is -0.484 e. The van der Waals surface area contributed by atoms with Crippen molar-refractivity contribution in [2.24, 2.45) is 0 Å². The molecule has 6 heteroatoms. The van der Waals surface area contributed by atoms with Gasteiger partial charge in [0.15, 0.2) is 6.61 Å². The van der Waals surface area contributed by atoms with Crippen LogP contribution in [0.3, 0.4) is 0 Å². The van der Waals surface area contributed by atoms with E-state index in [0.29, 0.717) is 29.5 Å². The highest BCUT2D eigenvalue weighted by atomic mass is 35.5. The highest BCUT2D eigenvalue weighted by Crippen LogP contribution is 2.23. The number of carbonyl (C=O) groups excluding carboxylic acids is 2. The maximum absolute atomic E-state index is 11.9. The molecular weight excluding hydrogens is 352 g/mol. The number of halogens is 1. The molecule has 0 aliphatic heterocycles. The molecule has 0 radical (unpaired) electrons. The molecule has 0 aliphatic rings. The van der Waals surface area contributed by atoms with E-state index in [-0.39, 0.29) is 18.4 Å². The molecule has 0 bridgehead atoms. The largest absolute Gasteiger partial charge is 0.484 e. The van der Waals surface area contributed by atoms with Crippen molar-refractivity contribution in [3.8, 4) is 5.75 Å².